The first-order valence-corrected chi connectivity index (χ1v) is 8.23. The molecule has 0 radical (unpaired) electrons. The summed E-state index contributed by atoms with van der Waals surface area (Å²) < 4.78 is 7.55. The molecule has 0 spiro atoms. The van der Waals surface area contributed by atoms with Gasteiger partial charge in [0, 0.05) is 18.4 Å². The molecule has 7 nitrogen and oxygen atoms in total. The molecule has 2 heterocycles. The van der Waals surface area contributed by atoms with Gasteiger partial charge in [-0.2, -0.15) is 0 Å². The van der Waals surface area contributed by atoms with Crippen molar-refractivity contribution in [1.82, 2.24) is 14.5 Å². The number of ether oxygens (including phenoxy) is 1. The molecule has 134 valence electrons. The van der Waals surface area contributed by atoms with E-state index < -0.39 is 0 Å². The quantitative estimate of drug-likeness (QED) is 0.712. The van der Waals surface area contributed by atoms with Crippen molar-refractivity contribution in [1.29, 1.82) is 0 Å². The molecule has 3 rings (SSSR count). The number of pyridine rings is 1. The van der Waals surface area contributed by atoms with E-state index in [0.29, 0.717) is 18.0 Å². The minimum absolute atomic E-state index is 0. The lowest BCUT2D eigenvalue weighted by Gasteiger charge is -2.12. The Morgan fingerprint density at radius 3 is 2.64 bits per heavy atom. The number of aromatic nitrogens is 3. The predicted octanol–water partition coefficient (Wildman–Crippen LogP) is 2.19. The maximum absolute atomic E-state index is 11.8. The number of para-hydroxylation sites is 1. The lowest BCUT2D eigenvalue weighted by atomic mass is 10.1. The Hall–Kier alpha value is -2.51. The second-order valence-corrected chi connectivity index (χ2v) is 6.20. The number of esters is 1. The van der Waals surface area contributed by atoms with Crippen molar-refractivity contribution in [3.05, 3.63) is 30.1 Å². The number of nitrogens with zero attached hydrogens (tertiary/aromatic N) is 3. The predicted molar refractivity (Wildman–Crippen MR) is 97.3 cm³/mol. The lowest BCUT2D eigenvalue weighted by Crippen LogP contribution is -2.12. The van der Waals surface area contributed by atoms with Crippen molar-refractivity contribution >= 4 is 27.9 Å². The number of hydrogen-bond donors (Lipinski definition) is 1. The van der Waals surface area contributed by atoms with Crippen LogP contribution in [-0.2, 0) is 17.9 Å². The zero-order valence-corrected chi connectivity index (χ0v) is 14.7. The molecule has 0 saturated heterocycles. The highest BCUT2D eigenvalue weighted by atomic mass is 16.5. The highest BCUT2D eigenvalue weighted by molar-refractivity contribution is 6.05. The van der Waals surface area contributed by atoms with Gasteiger partial charge in [0.05, 0.1) is 17.6 Å². The number of carbonyl (C=O) groups excluding carboxylic acids is 1. The van der Waals surface area contributed by atoms with Gasteiger partial charge in [-0.05, 0) is 12.0 Å². The fourth-order valence-electron chi connectivity index (χ4n) is 2.82. The van der Waals surface area contributed by atoms with Crippen LogP contribution < -0.4 is 10.5 Å². The van der Waals surface area contributed by atoms with E-state index in [4.69, 9.17) is 10.5 Å². The summed E-state index contributed by atoms with van der Waals surface area (Å²) in [6, 6.07) is 7.80. The van der Waals surface area contributed by atoms with Crippen molar-refractivity contribution in [2.45, 2.75) is 40.3 Å². The summed E-state index contributed by atoms with van der Waals surface area (Å²) in [4.78, 5) is 20.9. The first-order chi connectivity index (χ1) is 11.5. The first-order valence-electron chi connectivity index (χ1n) is 8.23. The molecule has 0 unspecified atom stereocenters. The van der Waals surface area contributed by atoms with E-state index in [1.807, 2.05) is 24.3 Å². The van der Waals surface area contributed by atoms with Crippen LogP contribution in [0.15, 0.2) is 24.3 Å². The van der Waals surface area contributed by atoms with Crippen LogP contribution in [0.5, 0.6) is 5.88 Å². The maximum atomic E-state index is 11.8. The summed E-state index contributed by atoms with van der Waals surface area (Å²) >= 11 is 0. The SMILES string of the molecule is CCC(=O)Oc1nc2ccccc2c2c1nc(CN)n2CC(C)C.O. The summed E-state index contributed by atoms with van der Waals surface area (Å²) in [6.07, 6.45) is 0.284. The van der Waals surface area contributed by atoms with E-state index in [1.54, 1.807) is 6.92 Å². The molecular weight excluding hydrogens is 320 g/mol. The largest absolute Gasteiger partial charge is 0.412 e. The molecule has 2 aromatic heterocycles. The number of hydrogen-bond acceptors (Lipinski definition) is 5. The van der Waals surface area contributed by atoms with Crippen LogP contribution in [0.3, 0.4) is 0 Å². The third-order valence-electron chi connectivity index (χ3n) is 3.86. The van der Waals surface area contributed by atoms with Crippen LogP contribution in [0.2, 0.25) is 0 Å². The summed E-state index contributed by atoms with van der Waals surface area (Å²) in [5.74, 6) is 1.13. The summed E-state index contributed by atoms with van der Waals surface area (Å²) in [6.45, 7) is 7.15. The van der Waals surface area contributed by atoms with Gasteiger partial charge in [0.25, 0.3) is 5.88 Å². The molecule has 0 saturated carbocycles. The molecule has 4 N–H and O–H groups in total. The van der Waals surface area contributed by atoms with Gasteiger partial charge in [0.1, 0.15) is 5.82 Å². The molecule has 25 heavy (non-hydrogen) atoms. The van der Waals surface area contributed by atoms with Crippen molar-refractivity contribution < 1.29 is 15.0 Å². The monoisotopic (exact) mass is 344 g/mol. The minimum atomic E-state index is -0.327. The van der Waals surface area contributed by atoms with E-state index >= 15 is 0 Å². The fraction of sp³-hybridized carbons (Fsp3) is 0.389. The third kappa shape index (κ3) is 3.47. The molecule has 0 fully saturated rings. The second-order valence-electron chi connectivity index (χ2n) is 6.20. The van der Waals surface area contributed by atoms with Gasteiger partial charge >= 0.3 is 5.97 Å². The Morgan fingerprint density at radius 1 is 1.28 bits per heavy atom. The number of rotatable bonds is 5. The van der Waals surface area contributed by atoms with Crippen LogP contribution in [0.4, 0.5) is 0 Å². The summed E-state index contributed by atoms with van der Waals surface area (Å²) in [5.41, 5.74) is 8.19. The number of carbonyl (C=O) groups is 1. The molecule has 0 atom stereocenters. The molecule has 3 aromatic rings. The molecule has 0 aliphatic rings. The van der Waals surface area contributed by atoms with E-state index in [1.165, 1.54) is 0 Å². The van der Waals surface area contributed by atoms with E-state index in [2.05, 4.69) is 28.4 Å². The van der Waals surface area contributed by atoms with Gasteiger partial charge in [0.2, 0.25) is 0 Å². The molecule has 0 aliphatic carbocycles. The van der Waals surface area contributed by atoms with E-state index in [0.717, 1.165) is 28.8 Å². The van der Waals surface area contributed by atoms with Crippen LogP contribution in [0, 0.1) is 5.92 Å². The number of benzene rings is 1. The Labute approximate surface area is 146 Å². The van der Waals surface area contributed by atoms with Crippen LogP contribution in [-0.4, -0.2) is 26.0 Å². The summed E-state index contributed by atoms with van der Waals surface area (Å²) in [7, 11) is 0. The highest BCUT2D eigenvalue weighted by Gasteiger charge is 2.20. The van der Waals surface area contributed by atoms with Gasteiger partial charge in [-0.1, -0.05) is 39.0 Å². The minimum Gasteiger partial charge on any atom is -0.412 e. The average Bonchev–Trinajstić information content (AvgIpc) is 2.93. The van der Waals surface area contributed by atoms with E-state index in [-0.39, 0.29) is 23.7 Å². The highest BCUT2D eigenvalue weighted by Crippen LogP contribution is 2.32. The summed E-state index contributed by atoms with van der Waals surface area (Å²) in [5, 5.41) is 0.983. The molecule has 1 aromatic carbocycles. The standard InChI is InChI=1S/C18H22N4O2.H2O/c1-4-15(23)24-18-16-17(12-7-5-6-8-13(12)20-18)22(10-11(2)3)14(9-19)21-16;/h5-8,11H,4,9-10,19H2,1-3H3;1H2. The molecule has 0 amide bonds. The molecule has 7 heteroatoms. The molecule has 0 aliphatic heterocycles. The normalized spacial score (nSPS) is 11.1. The lowest BCUT2D eigenvalue weighted by molar-refractivity contribution is -0.134. The van der Waals surface area contributed by atoms with Crippen molar-refractivity contribution in [2.24, 2.45) is 11.7 Å². The Bertz CT molecular complexity index is 902. The van der Waals surface area contributed by atoms with Gasteiger partial charge < -0.3 is 20.5 Å². The average molecular weight is 344 g/mol. The number of fused-ring (bicyclic) bond motifs is 3. The van der Waals surface area contributed by atoms with Gasteiger partial charge in [-0.25, -0.2) is 9.97 Å². The van der Waals surface area contributed by atoms with Crippen LogP contribution in [0.1, 0.15) is 33.0 Å². The van der Waals surface area contributed by atoms with Gasteiger partial charge in [-0.3, -0.25) is 4.79 Å². The Balaban J connectivity index is 0.00000225. The zero-order chi connectivity index (χ0) is 17.3. The molecule has 0 bridgehead atoms. The van der Waals surface area contributed by atoms with Crippen molar-refractivity contribution in [3.8, 4) is 5.88 Å². The van der Waals surface area contributed by atoms with Crippen molar-refractivity contribution in [2.75, 3.05) is 0 Å². The topological polar surface area (TPSA) is 115 Å². The van der Waals surface area contributed by atoms with Crippen LogP contribution >= 0.6 is 0 Å². The fourth-order valence-corrected chi connectivity index (χ4v) is 2.82. The smallest absolute Gasteiger partial charge is 0.312 e. The third-order valence-corrected chi connectivity index (χ3v) is 3.86. The van der Waals surface area contributed by atoms with Crippen LogP contribution in [0.25, 0.3) is 21.9 Å². The maximum Gasteiger partial charge on any atom is 0.312 e. The Morgan fingerprint density at radius 2 is 2.00 bits per heavy atom. The van der Waals surface area contributed by atoms with Gasteiger partial charge in [-0.15, -0.1) is 0 Å². The Kier molecular flexibility index (Phi) is 5.71. The first kappa shape index (κ1) is 18.8. The van der Waals surface area contributed by atoms with Crippen molar-refractivity contribution in [3.63, 3.8) is 0 Å². The number of imidazole rings is 1. The second kappa shape index (κ2) is 7.58. The molecular formula is C18H24N4O3. The van der Waals surface area contributed by atoms with Gasteiger partial charge in [0.15, 0.2) is 5.52 Å². The zero-order valence-electron chi connectivity index (χ0n) is 14.7. The number of nitrogens with two attached hydrogens (primary N) is 1. The van der Waals surface area contributed by atoms with E-state index in [9.17, 15) is 4.79 Å².